The Bertz CT molecular complexity index is 272. The third-order valence-electron chi connectivity index (χ3n) is 1.19. The number of carbonyl (C=O) groups is 1. The Kier molecular flexibility index (Phi) is 9.58. The standard InChI is InChI=1S/C7H15NO4S.Ca.2H/c1-4-5-12-13(10,11)8-7(9)6(2)3;;;/h6H,4-5H2,1-3H3,(H,8,9);;;/q;+2;2*-1. The van der Waals surface area contributed by atoms with Crippen LogP contribution in [-0.4, -0.2) is 58.7 Å². The van der Waals surface area contributed by atoms with Crippen LogP contribution in [0.2, 0.25) is 0 Å². The molecule has 0 aromatic rings. The zero-order valence-corrected chi connectivity index (χ0v) is 11.8. The normalized spacial score (nSPS) is 10.9. The van der Waals surface area contributed by atoms with Gasteiger partial charge in [-0.15, -0.1) is 0 Å². The van der Waals surface area contributed by atoms with Crippen LogP contribution in [0.1, 0.15) is 30.0 Å². The van der Waals surface area contributed by atoms with Gasteiger partial charge in [-0.25, -0.2) is 4.72 Å². The Morgan fingerprint density at radius 3 is 2.36 bits per heavy atom. The van der Waals surface area contributed by atoms with Crippen molar-refractivity contribution >= 4 is 53.9 Å². The van der Waals surface area contributed by atoms with Crippen molar-refractivity contribution in [2.45, 2.75) is 27.2 Å². The predicted molar refractivity (Wildman–Crippen MR) is 56.1 cm³/mol. The molecule has 0 bridgehead atoms. The third-order valence-corrected chi connectivity index (χ3v) is 2.12. The molecule has 0 spiro atoms. The molecule has 0 aliphatic rings. The molecule has 1 N–H and O–H groups in total. The molecule has 0 saturated heterocycles. The van der Waals surface area contributed by atoms with Crippen molar-refractivity contribution in [2.75, 3.05) is 6.61 Å². The van der Waals surface area contributed by atoms with Crippen LogP contribution in [0.5, 0.6) is 0 Å². The molecule has 1 amide bonds. The largest absolute Gasteiger partial charge is 2.00 e. The van der Waals surface area contributed by atoms with E-state index >= 15 is 0 Å². The maximum atomic E-state index is 11.0. The van der Waals surface area contributed by atoms with Crippen LogP contribution in [0.3, 0.4) is 0 Å². The second-order valence-electron chi connectivity index (χ2n) is 2.90. The molecule has 14 heavy (non-hydrogen) atoms. The van der Waals surface area contributed by atoms with Crippen molar-refractivity contribution in [2.24, 2.45) is 5.92 Å². The number of amides is 1. The van der Waals surface area contributed by atoms with Crippen LogP contribution >= 0.6 is 0 Å². The first-order valence-electron chi connectivity index (χ1n) is 4.10. The molecule has 0 atom stereocenters. The fourth-order valence-corrected chi connectivity index (χ4v) is 1.39. The first-order valence-corrected chi connectivity index (χ1v) is 5.51. The van der Waals surface area contributed by atoms with Gasteiger partial charge < -0.3 is 2.85 Å². The molecule has 7 heteroatoms. The van der Waals surface area contributed by atoms with Gasteiger partial charge >= 0.3 is 48.0 Å². The van der Waals surface area contributed by atoms with E-state index in [9.17, 15) is 13.2 Å². The Balaban J connectivity index is -0.000000240. The molecule has 0 heterocycles. The van der Waals surface area contributed by atoms with E-state index in [0.717, 1.165) is 0 Å². The summed E-state index contributed by atoms with van der Waals surface area (Å²) in [6.45, 7) is 5.07. The van der Waals surface area contributed by atoms with Crippen molar-refractivity contribution in [1.82, 2.24) is 4.72 Å². The molecule has 0 fully saturated rings. The number of hydrogen-bond acceptors (Lipinski definition) is 4. The smallest absolute Gasteiger partial charge is 1.00 e. The Morgan fingerprint density at radius 2 is 2.00 bits per heavy atom. The van der Waals surface area contributed by atoms with Gasteiger partial charge in [0.25, 0.3) is 0 Å². The van der Waals surface area contributed by atoms with Gasteiger partial charge in [-0.1, -0.05) is 20.8 Å². The molecule has 0 unspecified atom stereocenters. The molecule has 0 rings (SSSR count). The van der Waals surface area contributed by atoms with Gasteiger partial charge in [0.1, 0.15) is 0 Å². The van der Waals surface area contributed by atoms with E-state index in [-0.39, 0.29) is 53.1 Å². The van der Waals surface area contributed by atoms with Crippen LogP contribution in [0.15, 0.2) is 0 Å². The third kappa shape index (κ3) is 7.99. The van der Waals surface area contributed by atoms with Gasteiger partial charge in [-0.2, -0.15) is 8.42 Å². The van der Waals surface area contributed by atoms with Gasteiger partial charge in [0.05, 0.1) is 6.61 Å². The molecule has 82 valence electrons. The van der Waals surface area contributed by atoms with Crippen molar-refractivity contribution < 1.29 is 20.2 Å². The topological polar surface area (TPSA) is 72.5 Å². The van der Waals surface area contributed by atoms with Crippen molar-refractivity contribution in [3.63, 3.8) is 0 Å². The van der Waals surface area contributed by atoms with E-state index in [0.29, 0.717) is 6.42 Å². The van der Waals surface area contributed by atoms with Gasteiger partial charge in [0, 0.05) is 5.92 Å². The van der Waals surface area contributed by atoms with Gasteiger partial charge in [0.15, 0.2) is 0 Å². The summed E-state index contributed by atoms with van der Waals surface area (Å²) in [4.78, 5) is 11.0. The molecule has 0 aromatic heterocycles. The summed E-state index contributed by atoms with van der Waals surface area (Å²) in [6.07, 6.45) is 0.580. The molecule has 0 radical (unpaired) electrons. The van der Waals surface area contributed by atoms with Gasteiger partial charge in [0.2, 0.25) is 5.91 Å². The molecular formula is C7H17CaNO4S. The molecule has 5 nitrogen and oxygen atoms in total. The van der Waals surface area contributed by atoms with E-state index in [2.05, 4.69) is 4.18 Å². The second kappa shape index (κ2) is 7.87. The summed E-state index contributed by atoms with van der Waals surface area (Å²) < 4.78 is 28.1. The fourth-order valence-electron chi connectivity index (χ4n) is 0.464. The van der Waals surface area contributed by atoms with E-state index in [1.54, 1.807) is 25.5 Å². The summed E-state index contributed by atoms with van der Waals surface area (Å²) in [5.41, 5.74) is 0. The van der Waals surface area contributed by atoms with Crippen LogP contribution in [0, 0.1) is 5.92 Å². The number of rotatable bonds is 5. The van der Waals surface area contributed by atoms with E-state index in [1.807, 2.05) is 0 Å². The SMILES string of the molecule is CCCOS(=O)(=O)NC(=O)C(C)C.[Ca+2].[H-].[H-]. The summed E-state index contributed by atoms with van der Waals surface area (Å²) in [7, 11) is -3.89. The number of nitrogens with one attached hydrogen (secondary N) is 1. The number of carbonyl (C=O) groups excluding carboxylic acids is 1. The van der Waals surface area contributed by atoms with Crippen LogP contribution in [-0.2, 0) is 19.3 Å². The molecule has 0 aromatic carbocycles. The molecule has 0 aliphatic carbocycles. The van der Waals surface area contributed by atoms with Crippen molar-refractivity contribution in [1.29, 1.82) is 0 Å². The predicted octanol–water partition coefficient (Wildman–Crippen LogP) is 0.274. The van der Waals surface area contributed by atoms with E-state index in [1.165, 1.54) is 0 Å². The summed E-state index contributed by atoms with van der Waals surface area (Å²) in [5, 5.41) is 0. The molecule has 0 saturated carbocycles. The summed E-state index contributed by atoms with van der Waals surface area (Å²) >= 11 is 0. The Labute approximate surface area is 118 Å². The fraction of sp³-hybridized carbons (Fsp3) is 0.857. The quantitative estimate of drug-likeness (QED) is 0.712. The van der Waals surface area contributed by atoms with Crippen molar-refractivity contribution in [3.05, 3.63) is 0 Å². The number of hydrogen-bond donors (Lipinski definition) is 1. The minimum Gasteiger partial charge on any atom is -1.00 e. The summed E-state index contributed by atoms with van der Waals surface area (Å²) in [5.74, 6) is -0.934. The van der Waals surface area contributed by atoms with Crippen LogP contribution in [0.25, 0.3) is 0 Å². The minimum atomic E-state index is -3.89. The minimum absolute atomic E-state index is 0. The maximum Gasteiger partial charge on any atom is 2.00 e. The molecular weight excluding hydrogens is 234 g/mol. The Morgan fingerprint density at radius 1 is 1.50 bits per heavy atom. The zero-order chi connectivity index (χ0) is 10.5. The van der Waals surface area contributed by atoms with Crippen molar-refractivity contribution in [3.8, 4) is 0 Å². The first-order chi connectivity index (χ1) is 5.89. The average molecular weight is 251 g/mol. The van der Waals surface area contributed by atoms with Crippen LogP contribution in [0.4, 0.5) is 0 Å². The maximum absolute atomic E-state index is 11.0. The van der Waals surface area contributed by atoms with E-state index in [4.69, 9.17) is 0 Å². The van der Waals surface area contributed by atoms with E-state index < -0.39 is 16.2 Å². The monoisotopic (exact) mass is 251 g/mol. The van der Waals surface area contributed by atoms with Gasteiger partial charge in [-0.05, 0) is 6.42 Å². The van der Waals surface area contributed by atoms with Crippen LogP contribution < -0.4 is 4.72 Å². The zero-order valence-electron chi connectivity index (χ0n) is 10.7. The summed E-state index contributed by atoms with van der Waals surface area (Å²) in [6, 6.07) is 0. The average Bonchev–Trinajstić information content (AvgIpc) is 2.00. The molecule has 0 aliphatic heterocycles. The Hall–Kier alpha value is 0.640. The van der Waals surface area contributed by atoms with Gasteiger partial charge in [-0.3, -0.25) is 8.98 Å². The first kappa shape index (κ1) is 17.0. The second-order valence-corrected chi connectivity index (χ2v) is 4.25.